The summed E-state index contributed by atoms with van der Waals surface area (Å²) in [5.41, 5.74) is 11.1. The average Bonchev–Trinajstić information content (AvgIpc) is 2.70. The van der Waals surface area contributed by atoms with Crippen LogP contribution in [-0.4, -0.2) is 24.7 Å². The molecular weight excluding hydrogens is 192 g/mol. The quantitative estimate of drug-likeness (QED) is 0.509. The second kappa shape index (κ2) is 6.80. The molecule has 4 N–H and O–H groups in total. The smallest absolute Gasteiger partial charge is 0.323 e. The Morgan fingerprint density at radius 2 is 2.00 bits per heavy atom. The lowest BCUT2D eigenvalue weighted by atomic mass is 10.1. The van der Waals surface area contributed by atoms with E-state index in [1.165, 1.54) is 12.8 Å². The molecule has 88 valence electrons. The van der Waals surface area contributed by atoms with Gasteiger partial charge in [-0.05, 0) is 45.1 Å². The summed E-state index contributed by atoms with van der Waals surface area (Å²) in [6.45, 7) is 0.657. The third-order valence-electron chi connectivity index (χ3n) is 2.86. The number of ether oxygens (including phenoxy) is 1. The molecule has 1 aliphatic rings. The Morgan fingerprint density at radius 1 is 1.33 bits per heavy atom. The highest BCUT2D eigenvalue weighted by atomic mass is 16.5. The summed E-state index contributed by atoms with van der Waals surface area (Å²) in [4.78, 5) is 11.5. The van der Waals surface area contributed by atoms with Crippen LogP contribution in [0.25, 0.3) is 0 Å². The minimum atomic E-state index is -0.461. The van der Waals surface area contributed by atoms with Crippen molar-refractivity contribution in [1.29, 1.82) is 0 Å². The van der Waals surface area contributed by atoms with Crippen LogP contribution >= 0.6 is 0 Å². The first-order chi connectivity index (χ1) is 7.24. The molecule has 4 nitrogen and oxygen atoms in total. The maximum atomic E-state index is 11.5. The zero-order valence-electron chi connectivity index (χ0n) is 9.28. The highest BCUT2D eigenvalue weighted by Crippen LogP contribution is 2.21. The van der Waals surface area contributed by atoms with Gasteiger partial charge in [-0.15, -0.1) is 0 Å². The summed E-state index contributed by atoms with van der Waals surface area (Å²) in [6.07, 6.45) is 6.96. The van der Waals surface area contributed by atoms with Crippen LogP contribution < -0.4 is 11.5 Å². The van der Waals surface area contributed by atoms with Gasteiger partial charge in [0.15, 0.2) is 0 Å². The highest BCUT2D eigenvalue weighted by Gasteiger charge is 2.22. The molecule has 0 aliphatic heterocycles. The van der Waals surface area contributed by atoms with Crippen LogP contribution in [-0.2, 0) is 9.53 Å². The molecule has 0 spiro atoms. The van der Waals surface area contributed by atoms with Gasteiger partial charge in [0.25, 0.3) is 0 Å². The molecule has 0 aromatic carbocycles. The van der Waals surface area contributed by atoms with Gasteiger partial charge >= 0.3 is 5.97 Å². The molecule has 15 heavy (non-hydrogen) atoms. The standard InChI is InChI=1S/C11H22N2O2/c12-8-4-3-7-10(13)11(14)15-9-5-1-2-6-9/h9-10H,1-8,12-13H2/t10-/m0/s1. The Labute approximate surface area is 91.3 Å². The van der Waals surface area contributed by atoms with Gasteiger partial charge in [-0.1, -0.05) is 6.42 Å². The van der Waals surface area contributed by atoms with E-state index in [9.17, 15) is 4.79 Å². The van der Waals surface area contributed by atoms with Gasteiger partial charge < -0.3 is 16.2 Å². The lowest BCUT2D eigenvalue weighted by Crippen LogP contribution is -2.34. The van der Waals surface area contributed by atoms with E-state index in [-0.39, 0.29) is 12.1 Å². The zero-order chi connectivity index (χ0) is 11.1. The number of nitrogens with two attached hydrogens (primary N) is 2. The van der Waals surface area contributed by atoms with Crippen molar-refractivity contribution >= 4 is 5.97 Å². The molecule has 0 heterocycles. The average molecular weight is 214 g/mol. The van der Waals surface area contributed by atoms with E-state index in [1.54, 1.807) is 0 Å². The highest BCUT2D eigenvalue weighted by molar-refractivity contribution is 5.75. The van der Waals surface area contributed by atoms with E-state index >= 15 is 0 Å². The lowest BCUT2D eigenvalue weighted by molar-refractivity contribution is -0.150. The first-order valence-corrected chi connectivity index (χ1v) is 5.90. The number of carbonyl (C=O) groups is 1. The lowest BCUT2D eigenvalue weighted by Gasteiger charge is -2.15. The van der Waals surface area contributed by atoms with Crippen LogP contribution in [0.4, 0.5) is 0 Å². The summed E-state index contributed by atoms with van der Waals surface area (Å²) < 4.78 is 5.31. The van der Waals surface area contributed by atoms with Crippen molar-refractivity contribution in [2.75, 3.05) is 6.54 Å². The number of esters is 1. The van der Waals surface area contributed by atoms with Crippen molar-refractivity contribution in [3.05, 3.63) is 0 Å². The summed E-state index contributed by atoms with van der Waals surface area (Å²) in [7, 11) is 0. The summed E-state index contributed by atoms with van der Waals surface area (Å²) in [5, 5.41) is 0. The predicted molar refractivity (Wildman–Crippen MR) is 59.2 cm³/mol. The molecule has 0 aromatic heterocycles. The molecule has 1 saturated carbocycles. The third kappa shape index (κ3) is 4.62. The van der Waals surface area contributed by atoms with Crippen molar-refractivity contribution in [2.45, 2.75) is 57.1 Å². The van der Waals surface area contributed by atoms with E-state index in [0.717, 1.165) is 25.7 Å². The summed E-state index contributed by atoms with van der Waals surface area (Å²) >= 11 is 0. The van der Waals surface area contributed by atoms with Crippen LogP contribution in [0.3, 0.4) is 0 Å². The van der Waals surface area contributed by atoms with Crippen molar-refractivity contribution in [1.82, 2.24) is 0 Å². The second-order valence-electron chi connectivity index (χ2n) is 4.23. The van der Waals surface area contributed by atoms with E-state index in [4.69, 9.17) is 16.2 Å². The summed E-state index contributed by atoms with van der Waals surface area (Å²) in [5.74, 6) is -0.237. The normalized spacial score (nSPS) is 19.1. The monoisotopic (exact) mass is 214 g/mol. The molecule has 1 aliphatic carbocycles. The van der Waals surface area contributed by atoms with Crippen molar-refractivity contribution in [3.8, 4) is 0 Å². The van der Waals surface area contributed by atoms with Crippen LogP contribution in [0.5, 0.6) is 0 Å². The van der Waals surface area contributed by atoms with E-state index in [1.807, 2.05) is 0 Å². The van der Waals surface area contributed by atoms with E-state index in [2.05, 4.69) is 0 Å². The Hall–Kier alpha value is -0.610. The van der Waals surface area contributed by atoms with Crippen LogP contribution in [0.2, 0.25) is 0 Å². The number of rotatable bonds is 6. The van der Waals surface area contributed by atoms with Crippen molar-refractivity contribution in [3.63, 3.8) is 0 Å². The summed E-state index contributed by atoms with van der Waals surface area (Å²) in [6, 6.07) is -0.461. The maximum Gasteiger partial charge on any atom is 0.323 e. The molecule has 0 saturated heterocycles. The van der Waals surface area contributed by atoms with Gasteiger partial charge in [0.2, 0.25) is 0 Å². The van der Waals surface area contributed by atoms with Gasteiger partial charge in [-0.25, -0.2) is 0 Å². The Bertz CT molecular complexity index is 191. The Balaban J connectivity index is 2.14. The number of carbonyl (C=O) groups excluding carboxylic acids is 1. The second-order valence-corrected chi connectivity index (χ2v) is 4.23. The fourth-order valence-electron chi connectivity index (χ4n) is 1.88. The van der Waals surface area contributed by atoms with Crippen LogP contribution in [0.1, 0.15) is 44.9 Å². The molecule has 1 fully saturated rings. The van der Waals surface area contributed by atoms with E-state index in [0.29, 0.717) is 13.0 Å². The van der Waals surface area contributed by atoms with Gasteiger partial charge in [0, 0.05) is 0 Å². The fraction of sp³-hybridized carbons (Fsp3) is 0.909. The molecule has 0 aromatic rings. The molecule has 1 rings (SSSR count). The SMILES string of the molecule is NCCCC[C@H](N)C(=O)OC1CCCC1. The predicted octanol–water partition coefficient (Wildman–Crippen LogP) is 0.929. The molecule has 4 heteroatoms. The first-order valence-electron chi connectivity index (χ1n) is 5.90. The van der Waals surface area contributed by atoms with Gasteiger partial charge in [-0.2, -0.15) is 0 Å². The molecule has 0 bridgehead atoms. The third-order valence-corrected chi connectivity index (χ3v) is 2.86. The minimum Gasteiger partial charge on any atom is -0.461 e. The van der Waals surface area contributed by atoms with Crippen LogP contribution in [0, 0.1) is 0 Å². The van der Waals surface area contributed by atoms with Gasteiger partial charge in [-0.3, -0.25) is 4.79 Å². The first kappa shape index (κ1) is 12.5. The molecular formula is C11H22N2O2. The molecule has 0 amide bonds. The van der Waals surface area contributed by atoms with Gasteiger partial charge in [0.05, 0.1) is 0 Å². The molecule has 0 radical (unpaired) electrons. The number of hydrogen-bond donors (Lipinski definition) is 2. The zero-order valence-corrected chi connectivity index (χ0v) is 9.28. The van der Waals surface area contributed by atoms with E-state index < -0.39 is 6.04 Å². The van der Waals surface area contributed by atoms with Crippen molar-refractivity contribution in [2.24, 2.45) is 11.5 Å². The molecule has 1 atom stereocenters. The minimum absolute atomic E-state index is 0.123. The number of hydrogen-bond acceptors (Lipinski definition) is 4. The Morgan fingerprint density at radius 3 is 2.60 bits per heavy atom. The fourth-order valence-corrected chi connectivity index (χ4v) is 1.88. The topological polar surface area (TPSA) is 78.3 Å². The van der Waals surface area contributed by atoms with Gasteiger partial charge in [0.1, 0.15) is 12.1 Å². The maximum absolute atomic E-state index is 11.5. The Kier molecular flexibility index (Phi) is 5.65. The largest absolute Gasteiger partial charge is 0.461 e. The number of unbranched alkanes of at least 4 members (excludes halogenated alkanes) is 1. The molecule has 0 unspecified atom stereocenters. The van der Waals surface area contributed by atoms with Crippen molar-refractivity contribution < 1.29 is 9.53 Å². The van der Waals surface area contributed by atoms with Crippen LogP contribution in [0.15, 0.2) is 0 Å².